The lowest BCUT2D eigenvalue weighted by Gasteiger charge is -2.25. The molecule has 0 amide bonds. The number of anilines is 2. The summed E-state index contributed by atoms with van der Waals surface area (Å²) in [5.41, 5.74) is 7.24. The van der Waals surface area contributed by atoms with Crippen LogP contribution in [0.15, 0.2) is 24.3 Å². The van der Waals surface area contributed by atoms with Crippen LogP contribution >= 0.6 is 11.5 Å². The van der Waals surface area contributed by atoms with Crippen molar-refractivity contribution in [1.82, 2.24) is 9.36 Å². The Morgan fingerprint density at radius 3 is 2.57 bits per heavy atom. The van der Waals surface area contributed by atoms with Gasteiger partial charge in [-0.25, -0.2) is 0 Å². The van der Waals surface area contributed by atoms with Crippen molar-refractivity contribution < 1.29 is 13.2 Å². The smallest absolute Gasteiger partial charge is 0.399 e. The van der Waals surface area contributed by atoms with Crippen LogP contribution in [0.1, 0.15) is 25.2 Å². The highest BCUT2D eigenvalue weighted by Crippen LogP contribution is 2.31. The highest BCUT2D eigenvalue weighted by molar-refractivity contribution is 7.09. The summed E-state index contributed by atoms with van der Waals surface area (Å²) in [6.45, 7) is 4.21. The van der Waals surface area contributed by atoms with E-state index in [2.05, 4.69) is 9.36 Å². The number of benzene rings is 1. The van der Waals surface area contributed by atoms with Crippen molar-refractivity contribution in [3.8, 4) is 0 Å². The van der Waals surface area contributed by atoms with Crippen LogP contribution in [0.5, 0.6) is 0 Å². The average Bonchev–Trinajstić information content (AvgIpc) is 2.84. The highest BCUT2D eigenvalue weighted by Gasteiger charge is 2.36. The van der Waals surface area contributed by atoms with E-state index in [4.69, 9.17) is 5.73 Å². The third kappa shape index (κ3) is 3.84. The molecule has 2 N–H and O–H groups in total. The first kappa shape index (κ1) is 15.6. The van der Waals surface area contributed by atoms with E-state index in [1.807, 2.05) is 26.0 Å². The lowest BCUT2D eigenvalue weighted by Crippen LogP contribution is -2.30. The Balaban J connectivity index is 2.25. The molecule has 2 aromatic rings. The molecule has 0 aliphatic carbocycles. The predicted molar refractivity (Wildman–Crippen MR) is 77.1 cm³/mol. The Morgan fingerprint density at radius 2 is 2.05 bits per heavy atom. The molecule has 0 unspecified atom stereocenters. The molecule has 0 aliphatic heterocycles. The lowest BCUT2D eigenvalue weighted by molar-refractivity contribution is -0.144. The first-order chi connectivity index (χ1) is 9.77. The van der Waals surface area contributed by atoms with E-state index in [1.165, 1.54) is 0 Å². The molecule has 0 saturated heterocycles. The largest absolute Gasteiger partial charge is 0.452 e. The van der Waals surface area contributed by atoms with E-state index in [9.17, 15) is 13.2 Å². The molecule has 0 saturated carbocycles. The van der Waals surface area contributed by atoms with Gasteiger partial charge in [0.1, 0.15) is 0 Å². The minimum Gasteiger partial charge on any atom is -0.399 e. The SMILES string of the molecule is CC(C)N(Cc1cccc(N)c1)c1nc(C(F)(F)F)ns1. The predicted octanol–water partition coefficient (Wildman–Crippen LogP) is 3.55. The molecule has 0 fully saturated rings. The van der Waals surface area contributed by atoms with Gasteiger partial charge in [-0.2, -0.15) is 22.5 Å². The first-order valence-electron chi connectivity index (χ1n) is 6.29. The van der Waals surface area contributed by atoms with Crippen LogP contribution in [0.2, 0.25) is 0 Å². The Morgan fingerprint density at radius 1 is 1.33 bits per heavy atom. The number of hydrogen-bond acceptors (Lipinski definition) is 5. The van der Waals surface area contributed by atoms with Crippen LogP contribution in [0.25, 0.3) is 0 Å². The molecule has 0 radical (unpaired) electrons. The van der Waals surface area contributed by atoms with Crippen molar-refractivity contribution in [1.29, 1.82) is 0 Å². The quantitative estimate of drug-likeness (QED) is 0.876. The third-order valence-corrected chi connectivity index (χ3v) is 3.60. The van der Waals surface area contributed by atoms with Gasteiger partial charge in [-0.3, -0.25) is 0 Å². The lowest BCUT2D eigenvalue weighted by atomic mass is 10.2. The minimum absolute atomic E-state index is 0.0135. The molecular weight excluding hydrogens is 301 g/mol. The molecule has 114 valence electrons. The molecule has 0 spiro atoms. The van der Waals surface area contributed by atoms with Crippen molar-refractivity contribution in [3.63, 3.8) is 0 Å². The maximum atomic E-state index is 12.6. The van der Waals surface area contributed by atoms with E-state index >= 15 is 0 Å². The highest BCUT2D eigenvalue weighted by atomic mass is 32.1. The van der Waals surface area contributed by atoms with Gasteiger partial charge < -0.3 is 10.6 Å². The third-order valence-electron chi connectivity index (χ3n) is 2.84. The molecule has 8 heteroatoms. The molecule has 1 aromatic heterocycles. The van der Waals surface area contributed by atoms with Crippen molar-refractivity contribution >= 4 is 22.4 Å². The standard InChI is InChI=1S/C13H15F3N4S/c1-8(2)20(7-9-4-3-5-10(17)6-9)12-18-11(19-21-12)13(14,15)16/h3-6,8H,7,17H2,1-2H3. The molecular formula is C13H15F3N4S. The van der Waals surface area contributed by atoms with Gasteiger partial charge in [0.25, 0.3) is 0 Å². The fourth-order valence-corrected chi connectivity index (χ4v) is 2.63. The van der Waals surface area contributed by atoms with E-state index < -0.39 is 12.0 Å². The number of aromatic nitrogens is 2. The molecule has 4 nitrogen and oxygen atoms in total. The average molecular weight is 316 g/mol. The summed E-state index contributed by atoms with van der Waals surface area (Å²) in [7, 11) is 0. The normalized spacial score (nSPS) is 11.9. The molecule has 0 bridgehead atoms. The van der Waals surface area contributed by atoms with Crippen molar-refractivity contribution in [2.75, 3.05) is 10.6 Å². The van der Waals surface area contributed by atoms with Gasteiger partial charge in [0, 0.05) is 29.8 Å². The van der Waals surface area contributed by atoms with E-state index in [0.29, 0.717) is 12.2 Å². The second kappa shape index (κ2) is 5.88. The number of halogens is 3. The molecule has 21 heavy (non-hydrogen) atoms. The molecule has 1 heterocycles. The topological polar surface area (TPSA) is 55.0 Å². The van der Waals surface area contributed by atoms with Crippen molar-refractivity contribution in [3.05, 3.63) is 35.7 Å². The summed E-state index contributed by atoms with van der Waals surface area (Å²) in [5, 5.41) is 0.250. The summed E-state index contributed by atoms with van der Waals surface area (Å²) in [5.74, 6) is -1.10. The summed E-state index contributed by atoms with van der Waals surface area (Å²) < 4.78 is 41.2. The van der Waals surface area contributed by atoms with Gasteiger partial charge >= 0.3 is 6.18 Å². The Bertz CT molecular complexity index is 609. The molecule has 1 aromatic carbocycles. The van der Waals surface area contributed by atoms with E-state index in [-0.39, 0.29) is 11.2 Å². The summed E-state index contributed by atoms with van der Waals surface area (Å²) >= 11 is 0.750. The Hall–Kier alpha value is -1.83. The van der Waals surface area contributed by atoms with Crippen LogP contribution < -0.4 is 10.6 Å². The zero-order valence-corrected chi connectivity index (χ0v) is 12.4. The number of nitrogens with zero attached hydrogens (tertiary/aromatic N) is 3. The van der Waals surface area contributed by atoms with Gasteiger partial charge in [-0.15, -0.1) is 0 Å². The fraction of sp³-hybridized carbons (Fsp3) is 0.385. The maximum Gasteiger partial charge on any atom is 0.452 e. The van der Waals surface area contributed by atoms with Crippen LogP contribution in [-0.2, 0) is 12.7 Å². The number of rotatable bonds is 4. The number of nitrogen functional groups attached to an aromatic ring is 1. The number of hydrogen-bond donors (Lipinski definition) is 1. The van der Waals surface area contributed by atoms with Crippen LogP contribution in [0.3, 0.4) is 0 Å². The first-order valence-corrected chi connectivity index (χ1v) is 7.06. The Kier molecular flexibility index (Phi) is 4.36. The Labute approximate surface area is 124 Å². The minimum atomic E-state index is -4.52. The summed E-state index contributed by atoms with van der Waals surface area (Å²) in [4.78, 5) is 5.36. The van der Waals surface area contributed by atoms with Gasteiger partial charge in [-0.1, -0.05) is 12.1 Å². The maximum absolute atomic E-state index is 12.6. The van der Waals surface area contributed by atoms with Gasteiger partial charge in [-0.05, 0) is 31.5 Å². The number of nitrogens with two attached hydrogens (primary N) is 1. The van der Waals surface area contributed by atoms with Crippen molar-refractivity contribution in [2.45, 2.75) is 32.6 Å². The van der Waals surface area contributed by atoms with Crippen LogP contribution in [0.4, 0.5) is 24.0 Å². The summed E-state index contributed by atoms with van der Waals surface area (Å²) in [6, 6.07) is 7.22. The molecule has 0 atom stereocenters. The zero-order chi connectivity index (χ0) is 15.6. The molecule has 2 rings (SSSR count). The van der Waals surface area contributed by atoms with E-state index in [1.54, 1.807) is 17.0 Å². The second-order valence-electron chi connectivity index (χ2n) is 4.87. The monoisotopic (exact) mass is 316 g/mol. The van der Waals surface area contributed by atoms with E-state index in [0.717, 1.165) is 17.1 Å². The summed E-state index contributed by atoms with van der Waals surface area (Å²) in [6.07, 6.45) is -4.52. The van der Waals surface area contributed by atoms with Gasteiger partial charge in [0.2, 0.25) is 11.0 Å². The zero-order valence-electron chi connectivity index (χ0n) is 11.6. The van der Waals surface area contributed by atoms with Crippen LogP contribution in [-0.4, -0.2) is 15.4 Å². The van der Waals surface area contributed by atoms with Crippen molar-refractivity contribution in [2.24, 2.45) is 0 Å². The fourth-order valence-electron chi connectivity index (χ4n) is 1.81. The van der Waals surface area contributed by atoms with Gasteiger partial charge in [0.05, 0.1) is 0 Å². The van der Waals surface area contributed by atoms with Crippen LogP contribution in [0, 0.1) is 0 Å². The van der Waals surface area contributed by atoms with Gasteiger partial charge in [0.15, 0.2) is 0 Å². The number of alkyl halides is 3. The molecule has 0 aliphatic rings. The second-order valence-corrected chi connectivity index (χ2v) is 5.60.